The molecule has 1 atom stereocenters. The Kier molecular flexibility index (Phi) is 6.33. The molecule has 1 amide bonds. The van der Waals surface area contributed by atoms with Gasteiger partial charge in [0.05, 0.1) is 28.3 Å². The zero-order valence-corrected chi connectivity index (χ0v) is 20.6. The number of halogens is 1. The molecule has 0 unspecified atom stereocenters. The van der Waals surface area contributed by atoms with Crippen LogP contribution in [0.2, 0.25) is 5.02 Å². The molecule has 0 bridgehead atoms. The number of amides is 1. The van der Waals surface area contributed by atoms with Gasteiger partial charge in [-0.2, -0.15) is 0 Å². The number of hydrogen-bond acceptors (Lipinski definition) is 6. The van der Waals surface area contributed by atoms with Crippen LogP contribution in [0.1, 0.15) is 29.1 Å². The number of nitrogens with one attached hydrogen (secondary N) is 1. The molecule has 0 aliphatic rings. The van der Waals surface area contributed by atoms with Gasteiger partial charge in [0.15, 0.2) is 11.5 Å². The monoisotopic (exact) mass is 510 g/mol. The van der Waals surface area contributed by atoms with Crippen molar-refractivity contribution < 1.29 is 4.79 Å². The van der Waals surface area contributed by atoms with Gasteiger partial charge in [0.1, 0.15) is 0 Å². The smallest absolute Gasteiger partial charge is 0.274 e. The van der Waals surface area contributed by atoms with Gasteiger partial charge >= 0.3 is 0 Å². The number of nitrogen functional groups attached to an aromatic ring is 2. The molecule has 0 saturated carbocycles. The number of nitrogens with two attached hydrogens (primary N) is 2. The van der Waals surface area contributed by atoms with Crippen molar-refractivity contribution in [2.24, 2.45) is 0 Å². The van der Waals surface area contributed by atoms with Crippen LogP contribution < -0.4 is 22.3 Å². The molecule has 5 N–H and O–H groups in total. The number of aromatic nitrogens is 3. The van der Waals surface area contributed by atoms with Crippen molar-refractivity contribution in [2.75, 3.05) is 11.5 Å². The number of benzene rings is 3. The third-order valence-corrected chi connectivity index (χ3v) is 6.37. The number of pyridine rings is 1. The summed E-state index contributed by atoms with van der Waals surface area (Å²) < 4.78 is 1.55. The second-order valence-electron chi connectivity index (χ2n) is 8.56. The van der Waals surface area contributed by atoms with E-state index in [1.807, 2.05) is 42.5 Å². The van der Waals surface area contributed by atoms with Gasteiger partial charge in [-0.3, -0.25) is 14.2 Å². The van der Waals surface area contributed by atoms with Crippen molar-refractivity contribution in [1.82, 2.24) is 19.9 Å². The van der Waals surface area contributed by atoms with Crippen LogP contribution in [0.4, 0.5) is 11.5 Å². The molecule has 0 spiro atoms. The third-order valence-electron chi connectivity index (χ3n) is 6.05. The first-order valence-corrected chi connectivity index (χ1v) is 11.9. The van der Waals surface area contributed by atoms with E-state index < -0.39 is 11.9 Å². The van der Waals surface area contributed by atoms with E-state index in [4.69, 9.17) is 23.1 Å². The summed E-state index contributed by atoms with van der Waals surface area (Å²) in [4.78, 5) is 35.6. The van der Waals surface area contributed by atoms with Crippen LogP contribution >= 0.6 is 11.6 Å². The summed E-state index contributed by atoms with van der Waals surface area (Å²) in [5, 5.41) is 4.36. The zero-order valence-electron chi connectivity index (χ0n) is 19.9. The predicted octanol–water partition coefficient (Wildman–Crippen LogP) is 4.76. The van der Waals surface area contributed by atoms with E-state index in [1.165, 1.54) is 6.20 Å². The highest BCUT2D eigenvalue weighted by atomic mass is 35.5. The minimum Gasteiger partial charge on any atom is -0.399 e. The summed E-state index contributed by atoms with van der Waals surface area (Å²) in [6, 6.07) is 22.8. The first-order chi connectivity index (χ1) is 17.8. The molecule has 2 aromatic heterocycles. The second-order valence-corrected chi connectivity index (χ2v) is 8.96. The third kappa shape index (κ3) is 4.62. The minimum absolute atomic E-state index is 0.00496. The van der Waals surface area contributed by atoms with Crippen molar-refractivity contribution in [1.29, 1.82) is 0 Å². The fourth-order valence-corrected chi connectivity index (χ4v) is 4.46. The maximum atomic E-state index is 13.6. The number of fused-ring (bicyclic) bond motifs is 1. The summed E-state index contributed by atoms with van der Waals surface area (Å²) >= 11 is 6.39. The van der Waals surface area contributed by atoms with Gasteiger partial charge < -0.3 is 16.8 Å². The Morgan fingerprint density at radius 3 is 2.46 bits per heavy atom. The fraction of sp³-hybridized carbons (Fsp3) is 0.0714. The lowest BCUT2D eigenvalue weighted by Gasteiger charge is -2.21. The molecule has 0 saturated heterocycles. The lowest BCUT2D eigenvalue weighted by Crippen LogP contribution is -2.33. The molecular formula is C28H23ClN6O2. The summed E-state index contributed by atoms with van der Waals surface area (Å²) in [5.74, 6) is -0.525. The van der Waals surface area contributed by atoms with Crippen LogP contribution in [-0.2, 0) is 0 Å². The number of hydrogen-bond donors (Lipinski definition) is 3. The summed E-state index contributed by atoms with van der Waals surface area (Å²) in [5.41, 5.74) is 14.5. The largest absolute Gasteiger partial charge is 0.399 e. The van der Waals surface area contributed by atoms with E-state index in [0.717, 1.165) is 5.56 Å². The van der Waals surface area contributed by atoms with Crippen molar-refractivity contribution in [2.45, 2.75) is 13.0 Å². The lowest BCUT2D eigenvalue weighted by molar-refractivity contribution is 0.0934. The van der Waals surface area contributed by atoms with E-state index in [1.54, 1.807) is 47.9 Å². The quantitative estimate of drug-likeness (QED) is 0.292. The van der Waals surface area contributed by atoms with Crippen LogP contribution in [0.5, 0.6) is 0 Å². The number of anilines is 2. The SMILES string of the molecule is C[C@H](NC(=O)c1nc(-c2ccc(N)cc2)cnc1N)c1cc2cccc(Cl)c2c(=O)n1-c1ccccc1. The molecule has 5 aromatic rings. The summed E-state index contributed by atoms with van der Waals surface area (Å²) in [7, 11) is 0. The number of rotatable bonds is 5. The average molecular weight is 511 g/mol. The van der Waals surface area contributed by atoms with Crippen LogP contribution in [0.15, 0.2) is 89.9 Å². The van der Waals surface area contributed by atoms with Gasteiger partial charge in [0.25, 0.3) is 11.5 Å². The van der Waals surface area contributed by atoms with Crippen LogP contribution in [-0.4, -0.2) is 20.4 Å². The number of para-hydroxylation sites is 1. The van der Waals surface area contributed by atoms with Crippen molar-refractivity contribution in [3.05, 3.63) is 112 Å². The van der Waals surface area contributed by atoms with E-state index in [0.29, 0.717) is 38.6 Å². The highest BCUT2D eigenvalue weighted by Crippen LogP contribution is 2.26. The van der Waals surface area contributed by atoms with E-state index in [9.17, 15) is 9.59 Å². The Balaban J connectivity index is 1.56. The van der Waals surface area contributed by atoms with Gasteiger partial charge in [-0.15, -0.1) is 0 Å². The van der Waals surface area contributed by atoms with Crippen LogP contribution in [0, 0.1) is 0 Å². The van der Waals surface area contributed by atoms with Crippen molar-refractivity contribution >= 4 is 39.8 Å². The number of nitrogens with zero attached hydrogens (tertiary/aromatic N) is 3. The maximum absolute atomic E-state index is 13.6. The standard InChI is InChI=1S/C28H23ClN6O2/c1-16(33-27(36)25-26(31)32-15-22(34-25)17-10-12-19(30)13-11-17)23-14-18-6-5-9-21(29)24(18)28(37)35(23)20-7-3-2-4-8-20/h2-16H,30H2,1H3,(H2,31,32)(H,33,36)/t16-/m0/s1. The Morgan fingerprint density at radius 1 is 1.00 bits per heavy atom. The molecule has 0 aliphatic heterocycles. The molecule has 0 fully saturated rings. The summed E-state index contributed by atoms with van der Waals surface area (Å²) in [6.07, 6.45) is 1.50. The second kappa shape index (κ2) is 9.75. The fourth-order valence-electron chi connectivity index (χ4n) is 4.20. The van der Waals surface area contributed by atoms with E-state index >= 15 is 0 Å². The Bertz CT molecular complexity index is 1680. The summed E-state index contributed by atoms with van der Waals surface area (Å²) in [6.45, 7) is 1.79. The van der Waals surface area contributed by atoms with Crippen LogP contribution in [0.3, 0.4) is 0 Å². The topological polar surface area (TPSA) is 129 Å². The minimum atomic E-state index is -0.592. The number of carbonyl (C=O) groups is 1. The maximum Gasteiger partial charge on any atom is 0.274 e. The van der Waals surface area contributed by atoms with Crippen molar-refractivity contribution in [3.8, 4) is 16.9 Å². The highest BCUT2D eigenvalue weighted by Gasteiger charge is 2.22. The van der Waals surface area contributed by atoms with E-state index in [2.05, 4.69) is 15.3 Å². The molecule has 3 aromatic carbocycles. The molecular weight excluding hydrogens is 488 g/mol. The Hall–Kier alpha value is -4.69. The van der Waals surface area contributed by atoms with Gasteiger partial charge in [-0.1, -0.05) is 54.1 Å². The van der Waals surface area contributed by atoms with Crippen LogP contribution in [0.25, 0.3) is 27.7 Å². The van der Waals surface area contributed by atoms with Gasteiger partial charge in [-0.05, 0) is 48.7 Å². The van der Waals surface area contributed by atoms with Crippen molar-refractivity contribution in [3.63, 3.8) is 0 Å². The van der Waals surface area contributed by atoms with E-state index in [-0.39, 0.29) is 17.1 Å². The molecule has 9 heteroatoms. The molecule has 0 radical (unpaired) electrons. The normalized spacial score (nSPS) is 11.8. The first-order valence-electron chi connectivity index (χ1n) is 11.5. The van der Waals surface area contributed by atoms with Gasteiger partial charge in [0, 0.05) is 22.6 Å². The molecule has 2 heterocycles. The Labute approximate surface area is 217 Å². The molecule has 0 aliphatic carbocycles. The average Bonchev–Trinajstić information content (AvgIpc) is 2.89. The van der Waals surface area contributed by atoms with Gasteiger partial charge in [-0.25, -0.2) is 9.97 Å². The highest BCUT2D eigenvalue weighted by molar-refractivity contribution is 6.35. The molecule has 184 valence electrons. The van der Waals surface area contributed by atoms with Gasteiger partial charge in [0.2, 0.25) is 0 Å². The number of carbonyl (C=O) groups excluding carboxylic acids is 1. The lowest BCUT2D eigenvalue weighted by atomic mass is 10.1. The molecule has 37 heavy (non-hydrogen) atoms. The zero-order chi connectivity index (χ0) is 26.1. The predicted molar refractivity (Wildman–Crippen MR) is 147 cm³/mol. The first kappa shape index (κ1) is 24.0. The Morgan fingerprint density at radius 2 is 1.73 bits per heavy atom. The molecule has 8 nitrogen and oxygen atoms in total. The molecule has 5 rings (SSSR count).